The summed E-state index contributed by atoms with van der Waals surface area (Å²) >= 11 is 1.51. The first kappa shape index (κ1) is 19.7. The van der Waals surface area contributed by atoms with Crippen molar-refractivity contribution in [2.45, 2.75) is 19.4 Å². The lowest BCUT2D eigenvalue weighted by atomic mass is 10.2. The van der Waals surface area contributed by atoms with Crippen LogP contribution in [0.5, 0.6) is 5.75 Å². The first-order chi connectivity index (χ1) is 14.8. The Kier molecular flexibility index (Phi) is 6.41. The van der Waals surface area contributed by atoms with Crippen molar-refractivity contribution in [3.05, 3.63) is 76.8 Å². The van der Waals surface area contributed by atoms with E-state index in [2.05, 4.69) is 20.1 Å². The Balaban J connectivity index is 1.23. The number of pyridine rings is 1. The molecule has 0 bridgehead atoms. The van der Waals surface area contributed by atoms with Gasteiger partial charge in [0.1, 0.15) is 12.4 Å². The van der Waals surface area contributed by atoms with Crippen molar-refractivity contribution in [1.29, 1.82) is 0 Å². The van der Waals surface area contributed by atoms with E-state index in [4.69, 9.17) is 14.0 Å². The Bertz CT molecular complexity index is 1080. The molecule has 0 saturated heterocycles. The molecular formula is C21H18N4O4S. The minimum absolute atomic E-state index is 0.243. The second-order valence-corrected chi connectivity index (χ2v) is 7.01. The normalized spacial score (nSPS) is 10.7. The van der Waals surface area contributed by atoms with Crippen LogP contribution >= 0.6 is 11.3 Å². The standard InChI is InChI=1S/C21H18N4O4S/c26-21(15-4-1-6-18(10-15)28-12-17-13-30-14-23-17)27-9-3-7-19-24-20(25-29-19)16-5-2-8-22-11-16/h1-2,4-6,8,10-11,13-14H,3,7,9,12H2. The maximum absolute atomic E-state index is 12.3. The van der Waals surface area contributed by atoms with Crippen LogP contribution in [0, 0.1) is 0 Å². The summed E-state index contributed by atoms with van der Waals surface area (Å²) in [6, 6.07) is 10.6. The first-order valence-corrected chi connectivity index (χ1v) is 10.2. The van der Waals surface area contributed by atoms with Crippen molar-refractivity contribution in [1.82, 2.24) is 20.1 Å². The van der Waals surface area contributed by atoms with Crippen molar-refractivity contribution < 1.29 is 18.8 Å². The van der Waals surface area contributed by atoms with Crippen molar-refractivity contribution in [2.24, 2.45) is 0 Å². The van der Waals surface area contributed by atoms with Gasteiger partial charge in [-0.1, -0.05) is 11.2 Å². The summed E-state index contributed by atoms with van der Waals surface area (Å²) in [5, 5.41) is 5.86. The summed E-state index contributed by atoms with van der Waals surface area (Å²) < 4.78 is 16.2. The van der Waals surface area contributed by atoms with E-state index in [-0.39, 0.29) is 6.61 Å². The van der Waals surface area contributed by atoms with Crippen LogP contribution in [-0.4, -0.2) is 32.7 Å². The van der Waals surface area contributed by atoms with Crippen LogP contribution in [0.15, 0.2) is 64.2 Å². The van der Waals surface area contributed by atoms with Crippen molar-refractivity contribution in [2.75, 3.05) is 6.61 Å². The number of rotatable bonds is 9. The molecular weight excluding hydrogens is 404 g/mol. The van der Waals surface area contributed by atoms with E-state index in [0.29, 0.717) is 42.5 Å². The van der Waals surface area contributed by atoms with E-state index >= 15 is 0 Å². The van der Waals surface area contributed by atoms with Crippen LogP contribution < -0.4 is 4.74 Å². The van der Waals surface area contributed by atoms with Gasteiger partial charge >= 0.3 is 5.97 Å². The van der Waals surface area contributed by atoms with Crippen LogP contribution in [0.2, 0.25) is 0 Å². The van der Waals surface area contributed by atoms with E-state index in [1.807, 2.05) is 17.5 Å². The Morgan fingerprint density at radius 2 is 2.17 bits per heavy atom. The van der Waals surface area contributed by atoms with Crippen LogP contribution in [-0.2, 0) is 17.8 Å². The summed E-state index contributed by atoms with van der Waals surface area (Å²) in [5.41, 5.74) is 3.82. The van der Waals surface area contributed by atoms with Crippen LogP contribution in [0.3, 0.4) is 0 Å². The number of hydrogen-bond acceptors (Lipinski definition) is 9. The Morgan fingerprint density at radius 1 is 1.20 bits per heavy atom. The van der Waals surface area contributed by atoms with Gasteiger partial charge in [0.15, 0.2) is 0 Å². The lowest BCUT2D eigenvalue weighted by Gasteiger charge is -2.07. The number of ether oxygens (including phenoxy) is 2. The van der Waals surface area contributed by atoms with E-state index in [0.717, 1.165) is 11.3 Å². The maximum atomic E-state index is 12.3. The fraction of sp³-hybridized carbons (Fsp3) is 0.190. The second-order valence-electron chi connectivity index (χ2n) is 6.29. The molecule has 0 atom stereocenters. The lowest BCUT2D eigenvalue weighted by Crippen LogP contribution is -2.07. The molecule has 0 aliphatic rings. The summed E-state index contributed by atoms with van der Waals surface area (Å²) in [6.45, 7) is 0.598. The summed E-state index contributed by atoms with van der Waals surface area (Å²) in [7, 11) is 0. The highest BCUT2D eigenvalue weighted by Gasteiger charge is 2.11. The molecule has 8 nitrogen and oxygen atoms in total. The summed E-state index contributed by atoms with van der Waals surface area (Å²) in [5.74, 6) is 1.16. The number of thiazole rings is 1. The lowest BCUT2D eigenvalue weighted by molar-refractivity contribution is 0.0498. The average Bonchev–Trinajstić information content (AvgIpc) is 3.48. The smallest absolute Gasteiger partial charge is 0.338 e. The zero-order chi connectivity index (χ0) is 20.6. The highest BCUT2D eigenvalue weighted by atomic mass is 32.1. The zero-order valence-electron chi connectivity index (χ0n) is 15.9. The van der Waals surface area contributed by atoms with Gasteiger partial charge in [0.25, 0.3) is 0 Å². The van der Waals surface area contributed by atoms with Crippen molar-refractivity contribution >= 4 is 17.3 Å². The molecule has 0 N–H and O–H groups in total. The summed E-state index contributed by atoms with van der Waals surface area (Å²) in [4.78, 5) is 24.8. The molecule has 0 fully saturated rings. The van der Waals surface area contributed by atoms with Crippen molar-refractivity contribution in [3.63, 3.8) is 0 Å². The van der Waals surface area contributed by atoms with E-state index < -0.39 is 5.97 Å². The minimum atomic E-state index is -0.407. The quantitative estimate of drug-likeness (QED) is 0.295. The molecule has 4 rings (SSSR count). The number of hydrogen-bond donors (Lipinski definition) is 0. The maximum Gasteiger partial charge on any atom is 0.338 e. The SMILES string of the molecule is O=C(OCCCc1nc(-c2cccnc2)no1)c1cccc(OCc2cscn2)c1. The third-order valence-electron chi connectivity index (χ3n) is 4.10. The third-order valence-corrected chi connectivity index (χ3v) is 4.73. The van der Waals surface area contributed by atoms with Gasteiger partial charge in [-0.15, -0.1) is 11.3 Å². The molecule has 0 spiro atoms. The molecule has 9 heteroatoms. The first-order valence-electron chi connectivity index (χ1n) is 9.28. The molecule has 0 amide bonds. The monoisotopic (exact) mass is 422 g/mol. The molecule has 3 aromatic heterocycles. The summed E-state index contributed by atoms with van der Waals surface area (Å²) in [6.07, 6.45) is 4.43. The van der Waals surface area contributed by atoms with Crippen LogP contribution in [0.25, 0.3) is 11.4 Å². The number of aromatic nitrogens is 4. The van der Waals surface area contributed by atoms with Gasteiger partial charge in [0, 0.05) is 29.8 Å². The average molecular weight is 422 g/mol. The number of nitrogens with zero attached hydrogens (tertiary/aromatic N) is 4. The molecule has 0 saturated carbocycles. The number of benzene rings is 1. The molecule has 3 heterocycles. The molecule has 0 unspecified atom stereocenters. The second kappa shape index (κ2) is 9.75. The largest absolute Gasteiger partial charge is 0.487 e. The number of aryl methyl sites for hydroxylation is 1. The number of carbonyl (C=O) groups excluding carboxylic acids is 1. The van der Waals surface area contributed by atoms with Gasteiger partial charge < -0.3 is 14.0 Å². The van der Waals surface area contributed by atoms with E-state index in [1.54, 1.807) is 42.2 Å². The fourth-order valence-electron chi connectivity index (χ4n) is 2.62. The third kappa shape index (κ3) is 5.26. The molecule has 0 aliphatic carbocycles. The van der Waals surface area contributed by atoms with Gasteiger partial charge in [-0.25, -0.2) is 9.78 Å². The van der Waals surface area contributed by atoms with Gasteiger partial charge in [0.05, 0.1) is 23.4 Å². The molecule has 0 aliphatic heterocycles. The van der Waals surface area contributed by atoms with Gasteiger partial charge in [-0.2, -0.15) is 4.98 Å². The Hall–Kier alpha value is -3.59. The highest BCUT2D eigenvalue weighted by molar-refractivity contribution is 7.07. The predicted molar refractivity (Wildman–Crippen MR) is 109 cm³/mol. The minimum Gasteiger partial charge on any atom is -0.487 e. The zero-order valence-corrected chi connectivity index (χ0v) is 16.7. The van der Waals surface area contributed by atoms with E-state index in [9.17, 15) is 4.79 Å². The van der Waals surface area contributed by atoms with Crippen LogP contribution in [0.1, 0.15) is 28.4 Å². The van der Waals surface area contributed by atoms with Gasteiger partial charge in [-0.3, -0.25) is 4.98 Å². The molecule has 0 radical (unpaired) electrons. The molecule has 4 aromatic rings. The molecule has 30 heavy (non-hydrogen) atoms. The van der Waals surface area contributed by atoms with Gasteiger partial charge in [-0.05, 0) is 36.8 Å². The van der Waals surface area contributed by atoms with Crippen LogP contribution in [0.4, 0.5) is 0 Å². The number of esters is 1. The highest BCUT2D eigenvalue weighted by Crippen LogP contribution is 2.17. The predicted octanol–water partition coefficient (Wildman–Crippen LogP) is 3.96. The topological polar surface area (TPSA) is 100 Å². The van der Waals surface area contributed by atoms with E-state index in [1.165, 1.54) is 11.3 Å². The van der Waals surface area contributed by atoms with Gasteiger partial charge in [0.2, 0.25) is 11.7 Å². The van der Waals surface area contributed by atoms with Crippen molar-refractivity contribution in [3.8, 4) is 17.1 Å². The number of carbonyl (C=O) groups is 1. The Labute approximate surface area is 176 Å². The fourth-order valence-corrected chi connectivity index (χ4v) is 3.16. The molecule has 152 valence electrons. The molecule has 1 aromatic carbocycles. The Morgan fingerprint density at radius 3 is 3.00 bits per heavy atom.